The number of carboxylic acid groups (broad SMARTS) is 1. The summed E-state index contributed by atoms with van der Waals surface area (Å²) in [4.78, 5) is 39.1. The minimum atomic E-state index is -1.36. The zero-order chi connectivity index (χ0) is 26.1. The lowest BCUT2D eigenvalue weighted by atomic mass is 10.1. The molecule has 0 radical (unpaired) electrons. The van der Waals surface area contributed by atoms with E-state index in [0.29, 0.717) is 24.4 Å². The predicted octanol–water partition coefficient (Wildman–Crippen LogP) is 2.39. The molecule has 1 atom stereocenters. The highest BCUT2D eigenvalue weighted by Crippen LogP contribution is 2.37. The number of anilines is 1. The summed E-state index contributed by atoms with van der Waals surface area (Å²) < 4.78 is 16.9. The lowest BCUT2D eigenvalue weighted by Crippen LogP contribution is -2.25. The second-order valence-electron chi connectivity index (χ2n) is 9.08. The molecule has 5 rings (SSSR count). The van der Waals surface area contributed by atoms with Crippen molar-refractivity contribution in [3.63, 3.8) is 0 Å². The van der Waals surface area contributed by atoms with Crippen molar-refractivity contribution >= 4 is 34.7 Å². The summed E-state index contributed by atoms with van der Waals surface area (Å²) in [6.45, 7) is 0.513. The minimum absolute atomic E-state index is 0.0152. The molecule has 2 N–H and O–H groups in total. The molecule has 0 bridgehead atoms. The van der Waals surface area contributed by atoms with Crippen molar-refractivity contribution in [3.05, 3.63) is 69.3 Å². The average Bonchev–Trinajstić information content (AvgIpc) is 3.66. The molecule has 188 valence electrons. The highest BCUT2D eigenvalue weighted by molar-refractivity contribution is 5.95. The van der Waals surface area contributed by atoms with Crippen LogP contribution in [0.25, 0.3) is 11.0 Å². The van der Waals surface area contributed by atoms with E-state index in [1.807, 2.05) is 0 Å². The summed E-state index contributed by atoms with van der Waals surface area (Å²) in [5.41, 5.74) is 1.11. The van der Waals surface area contributed by atoms with E-state index in [-0.39, 0.29) is 35.4 Å². The van der Waals surface area contributed by atoms with E-state index in [1.165, 1.54) is 6.20 Å². The number of benzene rings is 1. The fourth-order valence-corrected chi connectivity index (χ4v) is 4.53. The number of hydrogen-bond donors (Lipinski definition) is 2. The number of halogens is 1. The molecule has 1 unspecified atom stereocenters. The van der Waals surface area contributed by atoms with Crippen LogP contribution in [0.2, 0.25) is 0 Å². The van der Waals surface area contributed by atoms with Crippen molar-refractivity contribution < 1.29 is 19.4 Å². The Balaban J connectivity index is 1.44. The van der Waals surface area contributed by atoms with Gasteiger partial charge in [-0.1, -0.05) is 12.1 Å². The van der Waals surface area contributed by atoms with Gasteiger partial charge in [0.1, 0.15) is 17.9 Å². The maximum absolute atomic E-state index is 15.3. The number of fused-ring (bicyclic) bond motifs is 1. The van der Waals surface area contributed by atoms with Gasteiger partial charge in [0, 0.05) is 43.2 Å². The summed E-state index contributed by atoms with van der Waals surface area (Å²) in [5.74, 6) is -2.26. The number of hydrogen-bond acceptors (Lipinski definition) is 8. The molecule has 2 fully saturated rings. The summed E-state index contributed by atoms with van der Waals surface area (Å²) in [6, 6.07) is 10.1. The molecule has 1 aromatic carbocycles. The van der Waals surface area contributed by atoms with E-state index in [0.717, 1.165) is 24.5 Å². The van der Waals surface area contributed by atoms with Gasteiger partial charge in [0.15, 0.2) is 11.6 Å². The van der Waals surface area contributed by atoms with Crippen LogP contribution < -0.4 is 10.3 Å². The third-order valence-electron chi connectivity index (χ3n) is 6.55. The van der Waals surface area contributed by atoms with Gasteiger partial charge in [0.05, 0.1) is 23.6 Å². The van der Waals surface area contributed by atoms with E-state index in [4.69, 9.17) is 5.26 Å². The molecule has 1 aliphatic heterocycles. The maximum Gasteiger partial charge on any atom is 0.341 e. The zero-order valence-corrected chi connectivity index (χ0v) is 19.7. The highest BCUT2D eigenvalue weighted by Gasteiger charge is 2.33. The Bertz CT molecular complexity index is 1540. The number of pyridine rings is 2. The van der Waals surface area contributed by atoms with Gasteiger partial charge < -0.3 is 19.7 Å². The van der Waals surface area contributed by atoms with E-state index < -0.39 is 29.5 Å². The number of carboxylic acids is 1. The fourth-order valence-electron chi connectivity index (χ4n) is 4.53. The monoisotopic (exact) mass is 502 g/mol. The molecule has 3 aromatic rings. The Morgan fingerprint density at radius 2 is 2.05 bits per heavy atom. The van der Waals surface area contributed by atoms with Crippen LogP contribution in [-0.2, 0) is 0 Å². The zero-order valence-electron chi connectivity index (χ0n) is 19.7. The van der Waals surface area contributed by atoms with Crippen molar-refractivity contribution in [2.45, 2.75) is 18.9 Å². The molecule has 1 saturated carbocycles. The van der Waals surface area contributed by atoms with Crippen LogP contribution in [-0.4, -0.2) is 64.0 Å². The molecule has 0 amide bonds. The van der Waals surface area contributed by atoms with Gasteiger partial charge in [-0.25, -0.2) is 14.2 Å². The molecule has 11 heteroatoms. The van der Waals surface area contributed by atoms with Crippen LogP contribution in [0.15, 0.2) is 51.3 Å². The lowest BCUT2D eigenvalue weighted by molar-refractivity contribution is 0.0694. The third kappa shape index (κ3) is 4.83. The predicted molar refractivity (Wildman–Crippen MR) is 135 cm³/mol. The van der Waals surface area contributed by atoms with Crippen molar-refractivity contribution in [3.8, 4) is 6.07 Å². The molecule has 1 saturated heterocycles. The number of rotatable bonds is 7. The number of aliphatic hydroxyl groups excluding tert-OH is 1. The van der Waals surface area contributed by atoms with Gasteiger partial charge in [-0.2, -0.15) is 5.26 Å². The van der Waals surface area contributed by atoms with Gasteiger partial charge in [-0.05, 0) is 36.6 Å². The smallest absolute Gasteiger partial charge is 0.341 e. The maximum atomic E-state index is 15.3. The number of aliphatic hydroxyl groups is 1. The van der Waals surface area contributed by atoms with Crippen LogP contribution in [0, 0.1) is 23.1 Å². The molecule has 2 aliphatic rings. The summed E-state index contributed by atoms with van der Waals surface area (Å²) in [5, 5.41) is 27.7. The third-order valence-corrected chi connectivity index (χ3v) is 6.55. The van der Waals surface area contributed by atoms with Gasteiger partial charge in [0.25, 0.3) is 0 Å². The summed E-state index contributed by atoms with van der Waals surface area (Å²) in [6.07, 6.45) is 4.62. The standard InChI is InChI=1S/C26H23FN6O4/c27-21-7-19-23(35)20(26(36)37)12-33(18-5-6-18)24(19)31-25(21)32-11-17(22(13-32)30-14-34)10-29-9-16-3-1-15(8-28)2-4-16/h1-4,7,9,12,17-18,34H,5-6,10-11,13-14H2,(H,36,37)/b29-9?,30-22+. The van der Waals surface area contributed by atoms with Crippen LogP contribution in [0.3, 0.4) is 0 Å². The first-order valence-corrected chi connectivity index (χ1v) is 11.8. The quantitative estimate of drug-likeness (QED) is 0.472. The Hall–Kier alpha value is -4.43. The van der Waals surface area contributed by atoms with Crippen molar-refractivity contribution in [1.82, 2.24) is 9.55 Å². The fraction of sp³-hybridized carbons (Fsp3) is 0.308. The normalized spacial score (nSPS) is 18.7. The largest absolute Gasteiger partial charge is 0.477 e. The SMILES string of the molecule is N#Cc1ccc(C=NCC2CN(c3nc4c(cc3F)c(=O)c(C(=O)O)cn4C3CC3)C/C2=N\CO)cc1. The molecular formula is C26H23FN6O4. The van der Waals surface area contributed by atoms with Crippen LogP contribution >= 0.6 is 0 Å². The van der Waals surface area contributed by atoms with E-state index >= 15 is 4.39 Å². The van der Waals surface area contributed by atoms with Crippen molar-refractivity contribution in [1.29, 1.82) is 5.26 Å². The van der Waals surface area contributed by atoms with Gasteiger partial charge >= 0.3 is 5.97 Å². The van der Waals surface area contributed by atoms with Crippen LogP contribution in [0.4, 0.5) is 10.2 Å². The molecule has 2 aromatic heterocycles. The average molecular weight is 503 g/mol. The Morgan fingerprint density at radius 3 is 2.70 bits per heavy atom. The van der Waals surface area contributed by atoms with Gasteiger partial charge in [0.2, 0.25) is 5.43 Å². The number of aromatic nitrogens is 2. The Labute approximate surface area is 210 Å². The minimum Gasteiger partial charge on any atom is -0.477 e. The lowest BCUT2D eigenvalue weighted by Gasteiger charge is -2.19. The second-order valence-corrected chi connectivity index (χ2v) is 9.08. The first-order chi connectivity index (χ1) is 17.9. The van der Waals surface area contributed by atoms with E-state index in [1.54, 1.807) is 39.9 Å². The van der Waals surface area contributed by atoms with Crippen molar-refractivity contribution in [2.75, 3.05) is 31.3 Å². The number of aliphatic imine (C=N–C) groups is 2. The molecular weight excluding hydrogens is 479 g/mol. The Kier molecular flexibility index (Phi) is 6.50. The molecule has 37 heavy (non-hydrogen) atoms. The number of nitrogens with zero attached hydrogens (tertiary/aromatic N) is 6. The molecule has 10 nitrogen and oxygen atoms in total. The van der Waals surface area contributed by atoms with Crippen LogP contribution in [0.5, 0.6) is 0 Å². The molecule has 1 aliphatic carbocycles. The number of carbonyl (C=O) groups is 1. The van der Waals surface area contributed by atoms with E-state index in [9.17, 15) is 19.8 Å². The first-order valence-electron chi connectivity index (χ1n) is 11.8. The second kappa shape index (κ2) is 9.91. The topological polar surface area (TPSA) is 144 Å². The van der Waals surface area contributed by atoms with Gasteiger partial charge in [-0.15, -0.1) is 0 Å². The highest BCUT2D eigenvalue weighted by atomic mass is 19.1. The van der Waals surface area contributed by atoms with Crippen molar-refractivity contribution in [2.24, 2.45) is 15.9 Å². The number of aromatic carboxylic acids is 1. The van der Waals surface area contributed by atoms with E-state index in [2.05, 4.69) is 21.0 Å². The Morgan fingerprint density at radius 1 is 1.30 bits per heavy atom. The van der Waals surface area contributed by atoms with Crippen LogP contribution in [0.1, 0.15) is 40.4 Å². The number of nitriles is 1. The first kappa shape index (κ1) is 24.3. The summed E-state index contributed by atoms with van der Waals surface area (Å²) in [7, 11) is 0. The molecule has 0 spiro atoms. The molecule has 3 heterocycles. The summed E-state index contributed by atoms with van der Waals surface area (Å²) >= 11 is 0. The van der Waals surface area contributed by atoms with Gasteiger partial charge in [-0.3, -0.25) is 14.8 Å².